The summed E-state index contributed by atoms with van der Waals surface area (Å²) in [7, 11) is 0. The van der Waals surface area contributed by atoms with Gasteiger partial charge in [-0.15, -0.1) is 0 Å². The van der Waals surface area contributed by atoms with E-state index in [1.807, 2.05) is 42.5 Å². The molecule has 0 amide bonds. The number of aliphatic hydroxyl groups excluding tert-OH is 2. The van der Waals surface area contributed by atoms with Gasteiger partial charge in [0.25, 0.3) is 0 Å². The first-order valence-electron chi connectivity index (χ1n) is 11.3. The largest absolute Gasteiger partial charge is 0.494 e. The van der Waals surface area contributed by atoms with Crippen LogP contribution in [0.3, 0.4) is 0 Å². The SMILES string of the molecule is OCC1=CC=CC(CO)(CNCCCCCCOCCCCOc2ccccc2)C1. The van der Waals surface area contributed by atoms with E-state index in [0.717, 1.165) is 76.3 Å². The summed E-state index contributed by atoms with van der Waals surface area (Å²) in [6.07, 6.45) is 13.3. The van der Waals surface area contributed by atoms with Crippen molar-refractivity contribution in [3.05, 3.63) is 54.1 Å². The van der Waals surface area contributed by atoms with Crippen molar-refractivity contribution in [2.24, 2.45) is 5.41 Å². The number of nitrogens with one attached hydrogen (secondary N) is 1. The van der Waals surface area contributed by atoms with E-state index < -0.39 is 0 Å². The monoisotopic (exact) mass is 417 g/mol. The minimum absolute atomic E-state index is 0.0651. The van der Waals surface area contributed by atoms with Crippen molar-refractivity contribution in [1.82, 2.24) is 5.32 Å². The Morgan fingerprint density at radius 1 is 0.900 bits per heavy atom. The summed E-state index contributed by atoms with van der Waals surface area (Å²) in [6, 6.07) is 9.92. The molecule has 2 rings (SSSR count). The number of hydrogen-bond acceptors (Lipinski definition) is 5. The zero-order chi connectivity index (χ0) is 21.3. The van der Waals surface area contributed by atoms with Crippen molar-refractivity contribution in [2.45, 2.75) is 44.9 Å². The fourth-order valence-electron chi connectivity index (χ4n) is 3.61. The Balaban J connectivity index is 1.36. The maximum absolute atomic E-state index is 9.78. The number of aliphatic hydroxyl groups is 2. The van der Waals surface area contributed by atoms with Crippen molar-refractivity contribution in [3.63, 3.8) is 0 Å². The third-order valence-corrected chi connectivity index (χ3v) is 5.44. The lowest BCUT2D eigenvalue weighted by Crippen LogP contribution is -2.37. The molecule has 0 saturated heterocycles. The van der Waals surface area contributed by atoms with Gasteiger partial charge in [0.15, 0.2) is 0 Å². The van der Waals surface area contributed by atoms with E-state index in [1.54, 1.807) is 0 Å². The second-order valence-electron chi connectivity index (χ2n) is 8.11. The number of para-hydroxylation sites is 1. The molecule has 1 aliphatic carbocycles. The molecule has 3 N–H and O–H groups in total. The van der Waals surface area contributed by atoms with Gasteiger partial charge in [-0.1, -0.05) is 49.3 Å². The van der Waals surface area contributed by atoms with Crippen LogP contribution in [0.5, 0.6) is 5.75 Å². The van der Waals surface area contributed by atoms with Crippen molar-refractivity contribution in [3.8, 4) is 5.75 Å². The van der Waals surface area contributed by atoms with E-state index in [4.69, 9.17) is 9.47 Å². The van der Waals surface area contributed by atoms with E-state index in [-0.39, 0.29) is 18.6 Å². The normalized spacial score (nSPS) is 18.4. The molecule has 0 saturated carbocycles. The van der Waals surface area contributed by atoms with Gasteiger partial charge >= 0.3 is 0 Å². The summed E-state index contributed by atoms with van der Waals surface area (Å²) >= 11 is 0. The van der Waals surface area contributed by atoms with Gasteiger partial charge in [0.05, 0.1) is 19.8 Å². The Hall–Kier alpha value is -1.66. The Bertz CT molecular complexity index is 617. The Labute approximate surface area is 181 Å². The number of unbranched alkanes of at least 4 members (excludes halogenated alkanes) is 4. The molecule has 0 spiro atoms. The third kappa shape index (κ3) is 9.90. The Morgan fingerprint density at radius 2 is 1.63 bits per heavy atom. The molecule has 0 aromatic heterocycles. The highest BCUT2D eigenvalue weighted by atomic mass is 16.5. The molecule has 1 aromatic carbocycles. The lowest BCUT2D eigenvalue weighted by molar-refractivity contribution is 0.122. The van der Waals surface area contributed by atoms with Crippen molar-refractivity contribution in [1.29, 1.82) is 0 Å². The second kappa shape index (κ2) is 15.2. The van der Waals surface area contributed by atoms with Crippen molar-refractivity contribution < 1.29 is 19.7 Å². The van der Waals surface area contributed by atoms with Gasteiger partial charge in [0.1, 0.15) is 5.75 Å². The molecule has 30 heavy (non-hydrogen) atoms. The molecule has 0 bridgehead atoms. The van der Waals surface area contributed by atoms with Crippen LogP contribution in [0, 0.1) is 5.41 Å². The van der Waals surface area contributed by atoms with Gasteiger partial charge in [-0.3, -0.25) is 0 Å². The summed E-state index contributed by atoms with van der Waals surface area (Å²) in [5.74, 6) is 0.932. The zero-order valence-corrected chi connectivity index (χ0v) is 18.2. The molecule has 0 fully saturated rings. The summed E-state index contributed by atoms with van der Waals surface area (Å²) in [4.78, 5) is 0. The number of hydrogen-bond donors (Lipinski definition) is 3. The molecule has 0 heterocycles. The van der Waals surface area contributed by atoms with Gasteiger partial charge in [0.2, 0.25) is 0 Å². The first kappa shape index (κ1) is 24.6. The highest BCUT2D eigenvalue weighted by Crippen LogP contribution is 2.30. The van der Waals surface area contributed by atoms with Crippen LogP contribution >= 0.6 is 0 Å². The molecule has 5 nitrogen and oxygen atoms in total. The first-order valence-corrected chi connectivity index (χ1v) is 11.3. The van der Waals surface area contributed by atoms with Gasteiger partial charge < -0.3 is 25.0 Å². The van der Waals surface area contributed by atoms with Crippen LogP contribution in [0.4, 0.5) is 0 Å². The minimum atomic E-state index is -0.271. The molecule has 0 radical (unpaired) electrons. The van der Waals surface area contributed by atoms with E-state index in [0.29, 0.717) is 0 Å². The van der Waals surface area contributed by atoms with Crippen LogP contribution in [0.2, 0.25) is 0 Å². The Kier molecular flexibility index (Phi) is 12.5. The van der Waals surface area contributed by atoms with E-state index in [1.165, 1.54) is 12.8 Å². The lowest BCUT2D eigenvalue weighted by atomic mass is 9.79. The second-order valence-corrected chi connectivity index (χ2v) is 8.11. The third-order valence-electron chi connectivity index (χ3n) is 5.44. The molecular formula is C25H39NO4. The Morgan fingerprint density at radius 3 is 2.40 bits per heavy atom. The lowest BCUT2D eigenvalue weighted by Gasteiger charge is -2.32. The molecule has 1 unspecified atom stereocenters. The van der Waals surface area contributed by atoms with Crippen LogP contribution < -0.4 is 10.1 Å². The van der Waals surface area contributed by atoms with Crippen LogP contribution in [0.15, 0.2) is 54.1 Å². The summed E-state index contributed by atoms with van der Waals surface area (Å²) in [6.45, 7) is 4.25. The quantitative estimate of drug-likeness (QED) is 0.336. The summed E-state index contributed by atoms with van der Waals surface area (Å²) in [5.41, 5.74) is 0.712. The van der Waals surface area contributed by atoms with Gasteiger partial charge in [0, 0.05) is 25.2 Å². The van der Waals surface area contributed by atoms with Crippen molar-refractivity contribution >= 4 is 0 Å². The molecule has 0 aliphatic heterocycles. The van der Waals surface area contributed by atoms with E-state index >= 15 is 0 Å². The number of benzene rings is 1. The average molecular weight is 418 g/mol. The van der Waals surface area contributed by atoms with Gasteiger partial charge in [-0.2, -0.15) is 0 Å². The molecule has 168 valence electrons. The highest BCUT2D eigenvalue weighted by Gasteiger charge is 2.28. The maximum atomic E-state index is 9.78. The van der Waals surface area contributed by atoms with Gasteiger partial charge in [-0.25, -0.2) is 0 Å². The summed E-state index contributed by atoms with van der Waals surface area (Å²) < 4.78 is 11.4. The van der Waals surface area contributed by atoms with Gasteiger partial charge in [-0.05, 0) is 56.4 Å². The molecule has 1 aromatic rings. The predicted octanol–water partition coefficient (Wildman–Crippen LogP) is 3.87. The van der Waals surface area contributed by atoms with Crippen LogP contribution in [-0.4, -0.2) is 56.3 Å². The fraction of sp³-hybridized carbons (Fsp3) is 0.600. The topological polar surface area (TPSA) is 71.0 Å². The highest BCUT2D eigenvalue weighted by molar-refractivity contribution is 5.24. The van der Waals surface area contributed by atoms with Crippen molar-refractivity contribution in [2.75, 3.05) is 46.1 Å². The molecular weight excluding hydrogens is 378 g/mol. The zero-order valence-electron chi connectivity index (χ0n) is 18.2. The summed E-state index contributed by atoms with van der Waals surface area (Å²) in [5, 5.41) is 22.6. The molecule has 5 heteroatoms. The number of allylic oxidation sites excluding steroid dienone is 2. The average Bonchev–Trinajstić information content (AvgIpc) is 2.80. The van der Waals surface area contributed by atoms with E-state index in [2.05, 4.69) is 11.4 Å². The van der Waals surface area contributed by atoms with Crippen LogP contribution in [0.1, 0.15) is 44.9 Å². The first-order chi connectivity index (χ1) is 14.8. The minimum Gasteiger partial charge on any atom is -0.494 e. The van der Waals surface area contributed by atoms with E-state index in [9.17, 15) is 10.2 Å². The van der Waals surface area contributed by atoms with Crippen LogP contribution in [-0.2, 0) is 4.74 Å². The molecule has 1 aliphatic rings. The number of ether oxygens (including phenoxy) is 2. The smallest absolute Gasteiger partial charge is 0.119 e. The fourth-order valence-corrected chi connectivity index (χ4v) is 3.61. The van der Waals surface area contributed by atoms with Crippen LogP contribution in [0.25, 0.3) is 0 Å². The number of rotatable bonds is 17. The standard InChI is InChI=1S/C25H39NO4/c27-20-23-11-10-14-25(19-23,22-28)21-26-15-6-1-2-7-16-29-17-8-9-18-30-24-12-4-3-5-13-24/h3-5,10-14,26-28H,1-2,6-9,15-22H2. The molecule has 1 atom stereocenters. The predicted molar refractivity (Wildman–Crippen MR) is 122 cm³/mol. The maximum Gasteiger partial charge on any atom is 0.119 e.